The molecule has 9 heteroatoms. The summed E-state index contributed by atoms with van der Waals surface area (Å²) >= 11 is 0. The van der Waals surface area contributed by atoms with Crippen molar-refractivity contribution in [3.8, 4) is 0 Å². The number of H-pyrrole nitrogens is 3. The molecule has 11 aromatic rings. The molecule has 672 valence electrons. The van der Waals surface area contributed by atoms with Crippen LogP contribution in [0.15, 0.2) is 180 Å². The first kappa shape index (κ1) is 105. The van der Waals surface area contributed by atoms with E-state index in [1.165, 1.54) is 110 Å². The van der Waals surface area contributed by atoms with Crippen LogP contribution in [0.5, 0.6) is 0 Å². The Balaban J connectivity index is 0.000000246. The molecule has 0 aliphatic heterocycles. The molecule has 2 atom stereocenters. The van der Waals surface area contributed by atoms with E-state index >= 15 is 0 Å². The molecule has 0 saturated carbocycles. The third-order valence-electron chi connectivity index (χ3n) is 24.5. The van der Waals surface area contributed by atoms with Gasteiger partial charge in [-0.15, -0.1) is 0 Å². The van der Waals surface area contributed by atoms with E-state index in [0.29, 0.717) is 94.8 Å². The van der Waals surface area contributed by atoms with E-state index in [0.717, 1.165) is 51.7 Å². The highest BCUT2D eigenvalue weighted by Crippen LogP contribution is 2.40. The SMILES string of the molecule is CC(C)c1ccc(C(C)C)c(=O)[nH]1.CC(C)c1ccc(C(C)C)c(=O)[nH]1.CC(C)c1ccc(C(C)C)c2[nH]cnc12.CC(C)c1ccc(C(C)C)cc1.CC(C)c1ccc(C(C)C)nc1.CC(C)c1ccc(C(C)C)nc1.CC(C)c1ccc2c(c1)CCC(C(C)C)C2.CC(C)c1ccc2c(c1)CCC2C(C)C.CC(C)c1ccc2c(ccn2C(C)C)c1. The van der Waals surface area contributed by atoms with Crippen LogP contribution >= 0.6 is 0 Å². The van der Waals surface area contributed by atoms with E-state index in [9.17, 15) is 9.59 Å². The van der Waals surface area contributed by atoms with Crippen LogP contribution < -0.4 is 11.1 Å². The fourth-order valence-electron chi connectivity index (χ4n) is 15.5. The number of aromatic nitrogens is 7. The second-order valence-electron chi connectivity index (χ2n) is 40.5. The Hall–Kier alpha value is -8.69. The van der Waals surface area contributed by atoms with E-state index in [-0.39, 0.29) is 11.1 Å². The lowest BCUT2D eigenvalue weighted by atomic mass is 9.77. The number of benzene rings is 5. The maximum atomic E-state index is 11.5. The lowest BCUT2D eigenvalue weighted by Crippen LogP contribution is -2.19. The molecule has 5 aromatic carbocycles. The number of fused-ring (bicyclic) bond motifs is 4. The molecule has 6 aromatic heterocycles. The molecule has 3 N–H and O–H groups in total. The number of pyridine rings is 4. The zero-order valence-electron chi connectivity index (χ0n) is 83.9. The molecular formula is C114H169N7O2. The molecular weight excluding hydrogens is 1500 g/mol. The van der Waals surface area contributed by atoms with Gasteiger partial charge < -0.3 is 19.5 Å². The fraction of sp³-hybridized carbons (Fsp3) is 0.535. The molecule has 0 spiro atoms. The second-order valence-corrected chi connectivity index (χ2v) is 40.5. The summed E-state index contributed by atoms with van der Waals surface area (Å²) in [6.07, 6.45) is 14.6. The zero-order chi connectivity index (χ0) is 92.1. The van der Waals surface area contributed by atoms with Crippen molar-refractivity contribution in [2.24, 2.45) is 17.8 Å². The van der Waals surface area contributed by atoms with Gasteiger partial charge in [0.05, 0.1) is 17.4 Å². The Labute approximate surface area is 749 Å². The van der Waals surface area contributed by atoms with Crippen LogP contribution in [0.25, 0.3) is 21.9 Å². The summed E-state index contributed by atoms with van der Waals surface area (Å²) in [6.45, 7) is 79.0. The third kappa shape index (κ3) is 32.4. The highest BCUT2D eigenvalue weighted by molar-refractivity contribution is 5.83. The maximum absolute atomic E-state index is 11.5. The summed E-state index contributed by atoms with van der Waals surface area (Å²) in [5, 5.41) is 1.36. The number of hydrogen-bond acceptors (Lipinski definition) is 5. The highest BCUT2D eigenvalue weighted by Gasteiger charge is 2.26. The van der Waals surface area contributed by atoms with Crippen LogP contribution in [-0.4, -0.2) is 34.5 Å². The first-order valence-electron chi connectivity index (χ1n) is 47.5. The van der Waals surface area contributed by atoms with Crippen LogP contribution in [0.3, 0.4) is 0 Å². The number of hydrogen-bond donors (Lipinski definition) is 3. The summed E-state index contributed by atoms with van der Waals surface area (Å²) in [5.41, 5.74) is 29.0. The van der Waals surface area contributed by atoms with Crippen LogP contribution in [-0.2, 0) is 19.3 Å². The van der Waals surface area contributed by atoms with Crippen LogP contribution in [0, 0.1) is 17.8 Å². The van der Waals surface area contributed by atoms with Gasteiger partial charge in [-0.1, -0.05) is 339 Å². The quantitative estimate of drug-likeness (QED) is 0.0789. The Morgan fingerprint density at radius 1 is 0.325 bits per heavy atom. The normalized spacial score (nSPS) is 13.6. The predicted molar refractivity (Wildman–Crippen MR) is 538 cm³/mol. The van der Waals surface area contributed by atoms with Crippen LogP contribution in [0.1, 0.15) is 469 Å². The van der Waals surface area contributed by atoms with Gasteiger partial charge in [0, 0.05) is 64.1 Å². The molecule has 2 unspecified atom stereocenters. The molecule has 9 nitrogen and oxygen atoms in total. The van der Waals surface area contributed by atoms with Gasteiger partial charge in [0.25, 0.3) is 11.1 Å². The Morgan fingerprint density at radius 2 is 0.715 bits per heavy atom. The highest BCUT2D eigenvalue weighted by atomic mass is 16.1. The van der Waals surface area contributed by atoms with Gasteiger partial charge in [0.1, 0.15) is 0 Å². The van der Waals surface area contributed by atoms with E-state index < -0.39 is 0 Å². The summed E-state index contributed by atoms with van der Waals surface area (Å²) in [4.78, 5) is 45.3. The smallest absolute Gasteiger partial charge is 0.251 e. The maximum Gasteiger partial charge on any atom is 0.251 e. The topological polar surface area (TPSA) is 125 Å². The monoisotopic (exact) mass is 1670 g/mol. The number of aromatic amines is 3. The van der Waals surface area contributed by atoms with Gasteiger partial charge in [-0.3, -0.25) is 19.6 Å². The van der Waals surface area contributed by atoms with Gasteiger partial charge in [-0.05, 0) is 279 Å². The molecule has 0 radical (unpaired) electrons. The molecule has 13 rings (SSSR count). The molecule has 0 fully saturated rings. The lowest BCUT2D eigenvalue weighted by Gasteiger charge is -2.28. The van der Waals surface area contributed by atoms with Crippen LogP contribution in [0.2, 0.25) is 0 Å². The molecule has 0 bridgehead atoms. The summed E-state index contributed by atoms with van der Waals surface area (Å²) in [5.74, 6) is 11.2. The molecule has 6 heterocycles. The minimum absolute atomic E-state index is 0.0567. The van der Waals surface area contributed by atoms with Crippen molar-refractivity contribution in [3.63, 3.8) is 0 Å². The molecule has 2 aliphatic carbocycles. The number of imidazole rings is 1. The second kappa shape index (κ2) is 50.5. The molecule has 0 saturated heterocycles. The van der Waals surface area contributed by atoms with Crippen molar-refractivity contribution in [2.75, 3.05) is 0 Å². The Kier molecular flexibility index (Phi) is 43.0. The minimum Gasteiger partial charge on any atom is -0.345 e. The standard InChI is InChI=1S/C16H24.C15H22.C14H19N.C13H18N2.C12H18.2C11H17NO.2C11H17N/c1-11(2)13-5-7-16-10-14(12(3)4)6-8-15(16)9-13;1-10(2)12-5-8-15-13(9-12)6-7-14(15)11(3)4;1-10(2)12-5-6-14-13(9-12)7-8-15(14)11(3)4;1-8(2)10-5-6-11(9(3)4)13-12(10)14-7-15-13;1-9(2)11-5-7-12(8-6-11)10(3)4;2*1-7(2)9-5-6-10(8(3)4)12-11(9)13;2*1-8(2)10-5-6-11(9(3)4)12-7-10/h5,7,9,11-12,14H,6,8,10H2,1-4H3;5,8-11,14H,6-7H2,1-4H3;5-11H,1-4H3;5-9H,1-4H3,(H,14,15);5-10H,1-4H3;2*5-8H,1-4H3,(H,12,13);2*5-9H,1-4H3. The minimum atomic E-state index is 0.0567. The number of rotatable bonds is 18. The molecule has 2 aliphatic rings. The molecule has 123 heavy (non-hydrogen) atoms. The van der Waals surface area contributed by atoms with E-state index in [2.05, 4.69) is 384 Å². The Bertz CT molecular complexity index is 4670. The van der Waals surface area contributed by atoms with Crippen molar-refractivity contribution in [2.45, 2.75) is 382 Å². The van der Waals surface area contributed by atoms with Crippen molar-refractivity contribution in [1.29, 1.82) is 0 Å². The van der Waals surface area contributed by atoms with Gasteiger partial charge in [-0.25, -0.2) is 4.98 Å². The number of nitrogens with one attached hydrogen (secondary N) is 3. The summed E-state index contributed by atoms with van der Waals surface area (Å²) < 4.78 is 2.32. The number of aryl methyl sites for hydroxylation is 2. The van der Waals surface area contributed by atoms with Crippen molar-refractivity contribution >= 4 is 21.9 Å². The van der Waals surface area contributed by atoms with E-state index in [4.69, 9.17) is 0 Å². The first-order chi connectivity index (χ1) is 57.7. The van der Waals surface area contributed by atoms with E-state index in [1.54, 1.807) is 28.6 Å². The van der Waals surface area contributed by atoms with Crippen molar-refractivity contribution < 1.29 is 0 Å². The summed E-state index contributed by atoms with van der Waals surface area (Å²) in [7, 11) is 0. The lowest BCUT2D eigenvalue weighted by molar-refractivity contribution is 0.343. The van der Waals surface area contributed by atoms with E-state index in [1.807, 2.05) is 64.4 Å². The molecule has 0 amide bonds. The van der Waals surface area contributed by atoms with Crippen LogP contribution in [0.4, 0.5) is 0 Å². The predicted octanol–water partition coefficient (Wildman–Crippen LogP) is 33.1. The van der Waals surface area contributed by atoms with Gasteiger partial charge >= 0.3 is 0 Å². The average molecular weight is 1670 g/mol. The van der Waals surface area contributed by atoms with Crippen molar-refractivity contribution in [3.05, 3.63) is 297 Å². The third-order valence-corrected chi connectivity index (χ3v) is 24.5. The van der Waals surface area contributed by atoms with Crippen molar-refractivity contribution in [1.82, 2.24) is 34.5 Å². The zero-order valence-corrected chi connectivity index (χ0v) is 83.9. The average Bonchev–Trinajstić information content (AvgIpc) is 1.67. The first-order valence-corrected chi connectivity index (χ1v) is 47.5. The fourth-order valence-corrected chi connectivity index (χ4v) is 15.5. The largest absolute Gasteiger partial charge is 0.345 e. The number of nitrogens with zero attached hydrogens (tertiary/aromatic N) is 4. The van der Waals surface area contributed by atoms with Gasteiger partial charge in [-0.2, -0.15) is 0 Å². The summed E-state index contributed by atoms with van der Waals surface area (Å²) in [6, 6.07) is 53.6. The van der Waals surface area contributed by atoms with Gasteiger partial charge in [0.15, 0.2) is 0 Å². The van der Waals surface area contributed by atoms with Gasteiger partial charge in [0.2, 0.25) is 0 Å². The Morgan fingerprint density at radius 3 is 1.10 bits per heavy atom.